The van der Waals surface area contributed by atoms with Crippen LogP contribution in [-0.4, -0.2) is 29.8 Å². The van der Waals surface area contributed by atoms with Gasteiger partial charge in [0.25, 0.3) is 15.7 Å². The van der Waals surface area contributed by atoms with Crippen LogP contribution in [0.4, 0.5) is 5.69 Å². The van der Waals surface area contributed by atoms with Gasteiger partial charge in [-0.25, -0.2) is 0 Å². The first-order chi connectivity index (χ1) is 9.73. The lowest BCUT2D eigenvalue weighted by molar-refractivity contribution is 0.467. The van der Waals surface area contributed by atoms with Crippen molar-refractivity contribution in [2.75, 3.05) is 11.9 Å². The molecule has 8 heteroatoms. The molecular weight excluding hydrogens is 294 g/mol. The van der Waals surface area contributed by atoms with Crippen LogP contribution in [0.1, 0.15) is 16.6 Å². The number of anilines is 1. The number of aryl methyl sites for hydroxylation is 1. The molecule has 1 atom stereocenters. The van der Waals surface area contributed by atoms with Crippen molar-refractivity contribution in [2.45, 2.75) is 12.3 Å². The van der Waals surface area contributed by atoms with E-state index in [0.717, 1.165) is 0 Å². The van der Waals surface area contributed by atoms with E-state index in [2.05, 4.69) is 5.10 Å². The van der Waals surface area contributed by atoms with Gasteiger partial charge in [-0.2, -0.15) is 8.42 Å². The molecule has 0 aliphatic rings. The van der Waals surface area contributed by atoms with E-state index in [4.69, 9.17) is 0 Å². The highest BCUT2D eigenvalue weighted by molar-refractivity contribution is 7.86. The molecule has 7 nitrogen and oxygen atoms in total. The Morgan fingerprint density at radius 3 is 2.29 bits per heavy atom. The summed E-state index contributed by atoms with van der Waals surface area (Å²) in [7, 11) is -1.31. The Morgan fingerprint density at radius 1 is 1.29 bits per heavy atom. The molecule has 1 aromatic heterocycles. The van der Waals surface area contributed by atoms with Gasteiger partial charge in [0.05, 0.1) is 5.69 Å². The Balaban J connectivity index is 2.60. The summed E-state index contributed by atoms with van der Waals surface area (Å²) >= 11 is 0. The molecule has 0 fully saturated rings. The molecule has 0 saturated carbocycles. The van der Waals surface area contributed by atoms with Crippen molar-refractivity contribution >= 4 is 15.8 Å². The van der Waals surface area contributed by atoms with E-state index < -0.39 is 21.1 Å². The third kappa shape index (κ3) is 2.86. The maximum absolute atomic E-state index is 12.0. The van der Waals surface area contributed by atoms with Crippen LogP contribution in [0.2, 0.25) is 0 Å². The summed E-state index contributed by atoms with van der Waals surface area (Å²) < 4.78 is 34.6. The predicted octanol–water partition coefficient (Wildman–Crippen LogP) is 1.04. The highest BCUT2D eigenvalue weighted by Gasteiger charge is 2.32. The molecule has 0 bridgehead atoms. The van der Waals surface area contributed by atoms with Gasteiger partial charge in [0, 0.05) is 14.1 Å². The summed E-state index contributed by atoms with van der Waals surface area (Å²) in [6, 6.07) is 8.25. The Bertz CT molecular complexity index is 793. The highest BCUT2D eigenvalue weighted by Crippen LogP contribution is 2.29. The van der Waals surface area contributed by atoms with Gasteiger partial charge in [0.2, 0.25) is 0 Å². The molecule has 1 aromatic carbocycles. The number of aromatic nitrogens is 2. The summed E-state index contributed by atoms with van der Waals surface area (Å²) in [5.74, 6) is 0. The Kier molecular flexibility index (Phi) is 3.93. The minimum absolute atomic E-state index is 0.198. The summed E-state index contributed by atoms with van der Waals surface area (Å²) in [6.07, 6.45) is 0. The first-order valence-electron chi connectivity index (χ1n) is 6.23. The van der Waals surface area contributed by atoms with Crippen LogP contribution in [0, 0.1) is 6.92 Å². The predicted molar refractivity (Wildman–Crippen MR) is 79.9 cm³/mol. The fourth-order valence-corrected chi connectivity index (χ4v) is 3.36. The number of H-pyrrole nitrogens is 1. The van der Waals surface area contributed by atoms with E-state index in [1.807, 2.05) is 0 Å². The molecule has 21 heavy (non-hydrogen) atoms. The van der Waals surface area contributed by atoms with Gasteiger partial charge < -0.3 is 4.90 Å². The summed E-state index contributed by atoms with van der Waals surface area (Å²) in [5, 5.41) is 1.21. The summed E-state index contributed by atoms with van der Waals surface area (Å²) in [5.41, 5.74) is 0.739. The molecule has 0 aliphatic carbocycles. The molecule has 0 aliphatic heterocycles. The SMILES string of the molecule is Cc1c(N(C)C(c2ccccc2)S(=O)(=O)O)c(=O)[nH]n1C. The van der Waals surface area contributed by atoms with Gasteiger partial charge in [-0.05, 0) is 12.5 Å². The van der Waals surface area contributed by atoms with E-state index in [1.165, 1.54) is 16.6 Å². The van der Waals surface area contributed by atoms with E-state index in [0.29, 0.717) is 11.3 Å². The molecule has 2 rings (SSSR count). The number of hydrogen-bond acceptors (Lipinski definition) is 4. The first-order valence-corrected chi connectivity index (χ1v) is 7.73. The zero-order valence-corrected chi connectivity index (χ0v) is 12.8. The maximum Gasteiger partial charge on any atom is 0.290 e. The van der Waals surface area contributed by atoms with Crippen LogP contribution in [0.15, 0.2) is 35.1 Å². The Labute approximate surface area is 122 Å². The van der Waals surface area contributed by atoms with E-state index in [1.54, 1.807) is 44.3 Å². The molecule has 114 valence electrons. The van der Waals surface area contributed by atoms with Crippen LogP contribution in [0.3, 0.4) is 0 Å². The second kappa shape index (κ2) is 5.38. The second-order valence-electron chi connectivity index (χ2n) is 4.82. The van der Waals surface area contributed by atoms with Crippen molar-refractivity contribution < 1.29 is 13.0 Å². The largest absolute Gasteiger partial charge is 0.346 e. The Morgan fingerprint density at radius 2 is 1.86 bits per heavy atom. The standard InChI is InChI=1S/C13H17N3O4S/c1-9-11(12(17)14-16(9)3)15(2)13(21(18,19)20)10-7-5-4-6-8-10/h4-8,13H,1-3H3,(H,14,17)(H,18,19,20). The second-order valence-corrected chi connectivity index (χ2v) is 6.30. The van der Waals surface area contributed by atoms with Gasteiger partial charge in [0.15, 0.2) is 5.37 Å². The van der Waals surface area contributed by atoms with Crippen molar-refractivity contribution in [1.82, 2.24) is 9.78 Å². The van der Waals surface area contributed by atoms with E-state index in [-0.39, 0.29) is 5.69 Å². The third-order valence-corrected chi connectivity index (χ3v) is 4.55. The molecule has 2 aromatic rings. The lowest BCUT2D eigenvalue weighted by Crippen LogP contribution is -2.33. The molecule has 0 saturated heterocycles. The van der Waals surface area contributed by atoms with Gasteiger partial charge in [-0.3, -0.25) is 19.1 Å². The maximum atomic E-state index is 12.0. The van der Waals surface area contributed by atoms with Gasteiger partial charge >= 0.3 is 0 Å². The zero-order chi connectivity index (χ0) is 15.8. The monoisotopic (exact) mass is 311 g/mol. The normalized spacial score (nSPS) is 13.1. The van der Waals surface area contributed by atoms with Crippen molar-refractivity contribution in [3.63, 3.8) is 0 Å². The van der Waals surface area contributed by atoms with Crippen LogP contribution in [-0.2, 0) is 17.2 Å². The van der Waals surface area contributed by atoms with Crippen LogP contribution >= 0.6 is 0 Å². The van der Waals surface area contributed by atoms with Crippen molar-refractivity contribution in [3.05, 3.63) is 51.9 Å². The van der Waals surface area contributed by atoms with E-state index >= 15 is 0 Å². The van der Waals surface area contributed by atoms with Gasteiger partial charge in [-0.1, -0.05) is 30.3 Å². The molecule has 0 radical (unpaired) electrons. The number of nitrogens with zero attached hydrogens (tertiary/aromatic N) is 2. The number of rotatable bonds is 4. The van der Waals surface area contributed by atoms with Crippen molar-refractivity contribution in [1.29, 1.82) is 0 Å². The third-order valence-electron chi connectivity index (χ3n) is 3.40. The number of hydrogen-bond donors (Lipinski definition) is 2. The van der Waals surface area contributed by atoms with Crippen LogP contribution in [0.25, 0.3) is 0 Å². The molecule has 2 N–H and O–H groups in total. The number of nitrogens with one attached hydrogen (secondary N) is 1. The molecule has 1 unspecified atom stereocenters. The zero-order valence-electron chi connectivity index (χ0n) is 11.9. The Hall–Kier alpha value is -2.06. The highest BCUT2D eigenvalue weighted by atomic mass is 32.2. The van der Waals surface area contributed by atoms with Crippen LogP contribution < -0.4 is 10.5 Å². The average molecular weight is 311 g/mol. The smallest absolute Gasteiger partial charge is 0.290 e. The van der Waals surface area contributed by atoms with E-state index in [9.17, 15) is 17.8 Å². The van der Waals surface area contributed by atoms with Crippen LogP contribution in [0.5, 0.6) is 0 Å². The van der Waals surface area contributed by atoms with Gasteiger partial charge in [0.1, 0.15) is 5.69 Å². The average Bonchev–Trinajstić information content (AvgIpc) is 2.63. The summed E-state index contributed by atoms with van der Waals surface area (Å²) in [6.45, 7) is 1.69. The van der Waals surface area contributed by atoms with Crippen molar-refractivity contribution in [2.24, 2.45) is 7.05 Å². The van der Waals surface area contributed by atoms with Gasteiger partial charge in [-0.15, -0.1) is 0 Å². The molecule has 1 heterocycles. The minimum atomic E-state index is -4.43. The topological polar surface area (TPSA) is 95.4 Å². The lowest BCUT2D eigenvalue weighted by atomic mass is 10.2. The fraction of sp³-hybridized carbons (Fsp3) is 0.308. The molecule has 0 amide bonds. The lowest BCUT2D eigenvalue weighted by Gasteiger charge is -2.26. The first kappa shape index (κ1) is 15.3. The quantitative estimate of drug-likeness (QED) is 0.823. The number of aromatic amines is 1. The minimum Gasteiger partial charge on any atom is -0.346 e. The summed E-state index contributed by atoms with van der Waals surface area (Å²) in [4.78, 5) is 13.2. The fourth-order valence-electron chi connectivity index (χ4n) is 2.36. The molecule has 0 spiro atoms. The van der Waals surface area contributed by atoms with Crippen molar-refractivity contribution in [3.8, 4) is 0 Å². The number of benzene rings is 1. The molecular formula is C13H17N3O4S.